The minimum atomic E-state index is -0.300. The predicted molar refractivity (Wildman–Crippen MR) is 109 cm³/mol. The van der Waals surface area contributed by atoms with Crippen molar-refractivity contribution in [3.05, 3.63) is 40.2 Å². The number of rotatable bonds is 7. The Balaban J connectivity index is 1.62. The van der Waals surface area contributed by atoms with E-state index in [0.717, 1.165) is 38.2 Å². The molecule has 3 aromatic rings. The van der Waals surface area contributed by atoms with E-state index in [1.54, 1.807) is 33.5 Å². The highest BCUT2D eigenvalue weighted by atomic mass is 16.5. The van der Waals surface area contributed by atoms with Crippen LogP contribution in [0.5, 0.6) is 11.5 Å². The first-order chi connectivity index (χ1) is 14.1. The zero-order chi connectivity index (χ0) is 20.4. The van der Waals surface area contributed by atoms with Gasteiger partial charge in [-0.1, -0.05) is 0 Å². The molecular formula is C20H25N5O4. The monoisotopic (exact) mass is 399 g/mol. The number of nitrogens with zero attached hydrogens (tertiary/aromatic N) is 4. The minimum Gasteiger partial charge on any atom is -0.493 e. The number of methoxy groups -OCH3 is 3. The van der Waals surface area contributed by atoms with Gasteiger partial charge in [0.25, 0.3) is 5.56 Å². The number of hydrogen-bond acceptors (Lipinski definition) is 7. The molecule has 0 aliphatic carbocycles. The Bertz CT molecular complexity index is 1070. The van der Waals surface area contributed by atoms with Crippen LogP contribution in [-0.4, -0.2) is 54.0 Å². The van der Waals surface area contributed by atoms with Gasteiger partial charge in [-0.05, 0) is 12.5 Å². The molecule has 1 aliphatic heterocycles. The van der Waals surface area contributed by atoms with E-state index in [1.165, 1.54) is 5.69 Å². The van der Waals surface area contributed by atoms with Crippen molar-refractivity contribution in [1.29, 1.82) is 0 Å². The van der Waals surface area contributed by atoms with Gasteiger partial charge in [0, 0.05) is 45.0 Å². The van der Waals surface area contributed by atoms with Crippen LogP contribution < -0.4 is 19.9 Å². The van der Waals surface area contributed by atoms with Gasteiger partial charge in [0.1, 0.15) is 0 Å². The van der Waals surface area contributed by atoms with Crippen LogP contribution in [0.3, 0.4) is 0 Å². The summed E-state index contributed by atoms with van der Waals surface area (Å²) in [6, 6.07) is 3.42. The molecule has 0 spiro atoms. The van der Waals surface area contributed by atoms with Crippen LogP contribution in [0.2, 0.25) is 0 Å². The van der Waals surface area contributed by atoms with Gasteiger partial charge in [0.2, 0.25) is 5.95 Å². The number of aryl methyl sites for hydroxylation is 1. The molecule has 0 amide bonds. The first-order valence-corrected chi connectivity index (χ1v) is 9.57. The van der Waals surface area contributed by atoms with Crippen molar-refractivity contribution in [2.75, 3.05) is 39.4 Å². The van der Waals surface area contributed by atoms with Gasteiger partial charge in [-0.25, -0.2) is 4.98 Å². The fourth-order valence-electron chi connectivity index (χ4n) is 3.74. The molecule has 154 valence electrons. The largest absolute Gasteiger partial charge is 0.493 e. The lowest BCUT2D eigenvalue weighted by Gasteiger charge is -2.27. The topological polar surface area (TPSA) is 94.5 Å². The van der Waals surface area contributed by atoms with Gasteiger partial charge in [0.15, 0.2) is 11.5 Å². The molecule has 0 bridgehead atoms. The van der Waals surface area contributed by atoms with Crippen molar-refractivity contribution in [2.45, 2.75) is 25.9 Å². The standard InChI is InChI=1S/C20H25N5O4/c1-27-8-4-6-25-12-21-15-11-24(7-5-16(15)25)20-22-14-10-18(29-3)17(28-2)9-13(14)19(26)23-20/h9-10,12H,4-8,11H2,1-3H3,(H,22,23,26). The van der Waals surface area contributed by atoms with E-state index >= 15 is 0 Å². The SMILES string of the molecule is COCCCn1cnc2c1CCN(c1nc(=O)c3cc(OC)c(OC)cc3[nH]1)C2. The highest BCUT2D eigenvalue weighted by Crippen LogP contribution is 2.31. The molecule has 0 fully saturated rings. The normalized spacial score (nSPS) is 13.6. The molecule has 9 nitrogen and oxygen atoms in total. The van der Waals surface area contributed by atoms with Crippen LogP contribution in [0.25, 0.3) is 10.9 Å². The van der Waals surface area contributed by atoms with E-state index < -0.39 is 0 Å². The van der Waals surface area contributed by atoms with Crippen molar-refractivity contribution in [3.63, 3.8) is 0 Å². The van der Waals surface area contributed by atoms with Crippen molar-refractivity contribution in [3.8, 4) is 11.5 Å². The average molecular weight is 399 g/mol. The quantitative estimate of drug-likeness (QED) is 0.605. The molecule has 2 aromatic heterocycles. The highest BCUT2D eigenvalue weighted by molar-refractivity contribution is 5.82. The number of hydrogen-bond donors (Lipinski definition) is 1. The Morgan fingerprint density at radius 3 is 2.72 bits per heavy atom. The molecule has 1 aliphatic rings. The lowest BCUT2D eigenvalue weighted by Crippen LogP contribution is -2.34. The van der Waals surface area contributed by atoms with Crippen molar-refractivity contribution < 1.29 is 14.2 Å². The maximum atomic E-state index is 12.6. The smallest absolute Gasteiger partial charge is 0.282 e. The Hall–Kier alpha value is -3.07. The second-order valence-corrected chi connectivity index (χ2v) is 6.97. The Morgan fingerprint density at radius 2 is 1.97 bits per heavy atom. The molecule has 0 radical (unpaired) electrons. The van der Waals surface area contributed by atoms with E-state index in [1.807, 2.05) is 11.2 Å². The zero-order valence-corrected chi connectivity index (χ0v) is 16.9. The number of nitrogens with one attached hydrogen (secondary N) is 1. The molecule has 0 atom stereocenters. The summed E-state index contributed by atoms with van der Waals surface area (Å²) in [7, 11) is 4.82. The van der Waals surface area contributed by atoms with Gasteiger partial charge in [-0.15, -0.1) is 0 Å². The predicted octanol–water partition coefficient (Wildman–Crippen LogP) is 1.74. The summed E-state index contributed by atoms with van der Waals surface area (Å²) in [5, 5.41) is 0.464. The number of aromatic nitrogens is 4. The summed E-state index contributed by atoms with van der Waals surface area (Å²) < 4.78 is 18.0. The zero-order valence-electron chi connectivity index (χ0n) is 16.9. The van der Waals surface area contributed by atoms with Crippen LogP contribution in [0.1, 0.15) is 17.8 Å². The van der Waals surface area contributed by atoms with Crippen molar-refractivity contribution in [2.24, 2.45) is 0 Å². The third-order valence-corrected chi connectivity index (χ3v) is 5.25. The number of anilines is 1. The Kier molecular flexibility index (Phi) is 5.39. The van der Waals surface area contributed by atoms with Crippen LogP contribution in [0, 0.1) is 0 Å². The van der Waals surface area contributed by atoms with Gasteiger partial charge in [0.05, 0.1) is 43.7 Å². The molecule has 9 heteroatoms. The first kappa shape index (κ1) is 19.3. The van der Waals surface area contributed by atoms with Crippen molar-refractivity contribution >= 4 is 16.9 Å². The van der Waals surface area contributed by atoms with Crippen molar-refractivity contribution in [1.82, 2.24) is 19.5 Å². The number of H-pyrrole nitrogens is 1. The van der Waals surface area contributed by atoms with E-state index in [-0.39, 0.29) is 5.56 Å². The van der Waals surface area contributed by atoms with Gasteiger partial charge < -0.3 is 28.7 Å². The number of imidazole rings is 1. The van der Waals surface area contributed by atoms with E-state index in [2.05, 4.69) is 19.5 Å². The molecule has 0 unspecified atom stereocenters. The Labute approximate surface area is 168 Å². The summed E-state index contributed by atoms with van der Waals surface area (Å²) in [5.74, 6) is 1.60. The fraction of sp³-hybridized carbons (Fsp3) is 0.450. The lowest BCUT2D eigenvalue weighted by atomic mass is 10.1. The number of fused-ring (bicyclic) bond motifs is 2. The van der Waals surface area contributed by atoms with Gasteiger partial charge in [-0.3, -0.25) is 4.79 Å². The highest BCUT2D eigenvalue weighted by Gasteiger charge is 2.23. The first-order valence-electron chi connectivity index (χ1n) is 9.57. The average Bonchev–Trinajstić information content (AvgIpc) is 3.15. The number of ether oxygens (including phenoxy) is 3. The third-order valence-electron chi connectivity index (χ3n) is 5.25. The fourth-order valence-corrected chi connectivity index (χ4v) is 3.74. The lowest BCUT2D eigenvalue weighted by molar-refractivity contribution is 0.190. The molecule has 3 heterocycles. The van der Waals surface area contributed by atoms with Crippen LogP contribution in [0.4, 0.5) is 5.95 Å². The van der Waals surface area contributed by atoms with Crippen LogP contribution >= 0.6 is 0 Å². The van der Waals surface area contributed by atoms with Crippen LogP contribution in [0.15, 0.2) is 23.3 Å². The van der Waals surface area contributed by atoms with E-state index in [0.29, 0.717) is 34.9 Å². The molecule has 0 saturated heterocycles. The molecule has 29 heavy (non-hydrogen) atoms. The third kappa shape index (κ3) is 3.65. The minimum absolute atomic E-state index is 0.300. The summed E-state index contributed by atoms with van der Waals surface area (Å²) in [6.07, 6.45) is 3.68. The summed E-state index contributed by atoms with van der Waals surface area (Å²) in [5.41, 5.74) is 2.62. The summed E-state index contributed by atoms with van der Waals surface area (Å²) in [6.45, 7) is 2.98. The second kappa shape index (κ2) is 8.12. The maximum absolute atomic E-state index is 12.6. The molecule has 1 aromatic carbocycles. The molecule has 1 N–H and O–H groups in total. The summed E-state index contributed by atoms with van der Waals surface area (Å²) in [4.78, 5) is 26.8. The van der Waals surface area contributed by atoms with E-state index in [4.69, 9.17) is 14.2 Å². The Morgan fingerprint density at radius 1 is 1.17 bits per heavy atom. The van der Waals surface area contributed by atoms with Gasteiger partial charge >= 0.3 is 0 Å². The maximum Gasteiger partial charge on any atom is 0.282 e. The molecule has 0 saturated carbocycles. The van der Waals surface area contributed by atoms with Gasteiger partial charge in [-0.2, -0.15) is 4.98 Å². The number of benzene rings is 1. The number of aromatic amines is 1. The van der Waals surface area contributed by atoms with Crippen LogP contribution in [-0.2, 0) is 24.2 Å². The summed E-state index contributed by atoms with van der Waals surface area (Å²) >= 11 is 0. The van der Waals surface area contributed by atoms with E-state index in [9.17, 15) is 4.79 Å². The molecule has 4 rings (SSSR count). The molecular weight excluding hydrogens is 374 g/mol. The second-order valence-electron chi connectivity index (χ2n) is 6.97.